The minimum atomic E-state index is -4.59. The zero-order chi connectivity index (χ0) is 23.8. The van der Waals surface area contributed by atoms with Crippen molar-refractivity contribution in [2.75, 3.05) is 0 Å². The van der Waals surface area contributed by atoms with Gasteiger partial charge in [0.2, 0.25) is 0 Å². The van der Waals surface area contributed by atoms with Crippen molar-refractivity contribution in [3.63, 3.8) is 0 Å². The highest BCUT2D eigenvalue weighted by molar-refractivity contribution is 6.33. The predicted octanol–water partition coefficient (Wildman–Crippen LogP) is 7.73. The molecular formula is C23H12Cl3F3N2O2. The summed E-state index contributed by atoms with van der Waals surface area (Å²) in [5.41, 5.74) is 0.0495. The highest BCUT2D eigenvalue weighted by Gasteiger charge is 2.33. The number of nitrogens with zero attached hydrogens (tertiary/aromatic N) is 2. The van der Waals surface area contributed by atoms with E-state index in [4.69, 9.17) is 39.3 Å². The molecular weight excluding hydrogens is 500 g/mol. The van der Waals surface area contributed by atoms with Gasteiger partial charge in [-0.25, -0.2) is 0 Å². The Labute approximate surface area is 200 Å². The number of alkyl halides is 3. The van der Waals surface area contributed by atoms with Gasteiger partial charge in [-0.3, -0.25) is 9.78 Å². The molecule has 0 radical (unpaired) electrons. The predicted molar refractivity (Wildman–Crippen MR) is 119 cm³/mol. The van der Waals surface area contributed by atoms with E-state index in [1.165, 1.54) is 6.07 Å². The second-order valence-corrected chi connectivity index (χ2v) is 8.30. The lowest BCUT2D eigenvalue weighted by atomic mass is 9.88. The zero-order valence-electron chi connectivity index (χ0n) is 16.4. The van der Waals surface area contributed by atoms with Crippen LogP contribution in [-0.2, 0) is 6.18 Å². The fourth-order valence-electron chi connectivity index (χ4n) is 3.20. The molecule has 10 heteroatoms. The molecule has 0 fully saturated rings. The van der Waals surface area contributed by atoms with Crippen molar-refractivity contribution in [1.29, 1.82) is 0 Å². The van der Waals surface area contributed by atoms with Gasteiger partial charge in [0.15, 0.2) is 11.5 Å². The highest BCUT2D eigenvalue weighted by Crippen LogP contribution is 2.36. The van der Waals surface area contributed by atoms with Gasteiger partial charge >= 0.3 is 6.18 Å². The lowest BCUT2D eigenvalue weighted by molar-refractivity contribution is -0.137. The maximum atomic E-state index is 13.4. The Morgan fingerprint density at radius 3 is 2.09 bits per heavy atom. The third-order valence-corrected chi connectivity index (χ3v) is 5.61. The number of ketones is 1. The quantitative estimate of drug-likeness (QED) is 0.257. The monoisotopic (exact) mass is 510 g/mol. The molecule has 0 aliphatic rings. The van der Waals surface area contributed by atoms with E-state index in [2.05, 4.69) is 10.1 Å². The normalized spacial score (nSPS) is 12.5. The van der Waals surface area contributed by atoms with Crippen molar-refractivity contribution in [2.45, 2.75) is 12.1 Å². The fraction of sp³-hybridized carbons (Fsp3) is 0.0870. The largest absolute Gasteiger partial charge is 0.417 e. The minimum absolute atomic E-state index is 0.00605. The van der Waals surface area contributed by atoms with Crippen LogP contribution in [0.1, 0.15) is 33.2 Å². The Morgan fingerprint density at radius 1 is 0.909 bits per heavy atom. The van der Waals surface area contributed by atoms with Crippen LogP contribution in [0, 0.1) is 0 Å². The SMILES string of the molecule is O=C(c1ccc(Cl)cc1)C(c1ccc(Cl)cc1)c1cc(-c2ncc(C(F)(F)F)cc2Cl)no1. The number of halogens is 6. The minimum Gasteiger partial charge on any atom is -0.360 e. The summed E-state index contributed by atoms with van der Waals surface area (Å²) in [4.78, 5) is 17.2. The zero-order valence-corrected chi connectivity index (χ0v) is 18.7. The molecule has 168 valence electrons. The Balaban J connectivity index is 1.75. The van der Waals surface area contributed by atoms with Crippen LogP contribution in [-0.4, -0.2) is 15.9 Å². The van der Waals surface area contributed by atoms with E-state index < -0.39 is 17.7 Å². The standard InChI is InChI=1S/C23H12Cl3F3N2O2/c24-15-5-1-12(2-6-15)20(22(32)13-3-7-16(25)8-4-13)19-10-18(31-33-19)21-17(26)9-14(11-30-21)23(27,28)29/h1-11,20H. The van der Waals surface area contributed by atoms with Crippen LogP contribution in [0.15, 0.2) is 71.4 Å². The summed E-state index contributed by atoms with van der Waals surface area (Å²) in [5.74, 6) is -1.05. The number of carbonyl (C=O) groups is 1. The number of hydrogen-bond acceptors (Lipinski definition) is 4. The fourth-order valence-corrected chi connectivity index (χ4v) is 3.71. The first kappa shape index (κ1) is 23.3. The Kier molecular flexibility index (Phi) is 6.47. The van der Waals surface area contributed by atoms with Crippen molar-refractivity contribution < 1.29 is 22.5 Å². The average Bonchev–Trinajstić information content (AvgIpc) is 3.24. The van der Waals surface area contributed by atoms with E-state index in [-0.39, 0.29) is 28.0 Å². The molecule has 1 unspecified atom stereocenters. The molecule has 2 aromatic heterocycles. The molecule has 4 rings (SSSR count). The van der Waals surface area contributed by atoms with Gasteiger partial charge in [0.1, 0.15) is 17.3 Å². The molecule has 2 aromatic carbocycles. The summed E-state index contributed by atoms with van der Waals surface area (Å²) in [6.45, 7) is 0. The molecule has 33 heavy (non-hydrogen) atoms. The molecule has 0 spiro atoms. The van der Waals surface area contributed by atoms with Gasteiger partial charge in [0, 0.05) is 27.9 Å². The van der Waals surface area contributed by atoms with E-state index in [0.717, 1.165) is 6.07 Å². The van der Waals surface area contributed by atoms with Crippen LogP contribution in [0.5, 0.6) is 0 Å². The summed E-state index contributed by atoms with van der Waals surface area (Å²) in [6.07, 6.45) is -3.93. The number of rotatable bonds is 5. The Morgan fingerprint density at radius 2 is 1.52 bits per heavy atom. The molecule has 0 aliphatic carbocycles. The van der Waals surface area contributed by atoms with Crippen LogP contribution >= 0.6 is 34.8 Å². The molecule has 4 aromatic rings. The van der Waals surface area contributed by atoms with E-state index in [1.807, 2.05) is 0 Å². The number of carbonyl (C=O) groups excluding carboxylic acids is 1. The molecule has 1 atom stereocenters. The molecule has 2 heterocycles. The van der Waals surface area contributed by atoms with E-state index in [0.29, 0.717) is 27.4 Å². The van der Waals surface area contributed by atoms with Gasteiger partial charge in [-0.15, -0.1) is 0 Å². The summed E-state index contributed by atoms with van der Waals surface area (Å²) in [5, 5.41) is 4.59. The first-order valence-electron chi connectivity index (χ1n) is 9.38. The van der Waals surface area contributed by atoms with Crippen molar-refractivity contribution in [2.24, 2.45) is 0 Å². The first-order chi connectivity index (χ1) is 15.6. The summed E-state index contributed by atoms with van der Waals surface area (Å²) < 4.78 is 44.2. The van der Waals surface area contributed by atoms with Crippen molar-refractivity contribution in [3.8, 4) is 11.4 Å². The van der Waals surface area contributed by atoms with E-state index in [1.54, 1.807) is 48.5 Å². The van der Waals surface area contributed by atoms with Gasteiger partial charge in [0.25, 0.3) is 0 Å². The summed E-state index contributed by atoms with van der Waals surface area (Å²) in [7, 11) is 0. The smallest absolute Gasteiger partial charge is 0.360 e. The van der Waals surface area contributed by atoms with Gasteiger partial charge < -0.3 is 4.52 Å². The summed E-state index contributed by atoms with van der Waals surface area (Å²) in [6, 6.07) is 15.1. The number of benzene rings is 2. The topological polar surface area (TPSA) is 56.0 Å². The first-order valence-corrected chi connectivity index (χ1v) is 10.5. The number of aromatic nitrogens is 2. The second kappa shape index (κ2) is 9.17. The van der Waals surface area contributed by atoms with Crippen molar-refractivity contribution in [1.82, 2.24) is 10.1 Å². The van der Waals surface area contributed by atoms with Gasteiger partial charge in [-0.2, -0.15) is 13.2 Å². The highest BCUT2D eigenvalue weighted by atomic mass is 35.5. The lowest BCUT2D eigenvalue weighted by Gasteiger charge is -2.14. The average molecular weight is 512 g/mol. The third-order valence-electron chi connectivity index (χ3n) is 4.82. The molecule has 0 aliphatic heterocycles. The van der Waals surface area contributed by atoms with Crippen molar-refractivity contribution in [3.05, 3.63) is 104 Å². The lowest BCUT2D eigenvalue weighted by Crippen LogP contribution is -2.14. The van der Waals surface area contributed by atoms with Crippen LogP contribution in [0.25, 0.3) is 11.4 Å². The molecule has 4 nitrogen and oxygen atoms in total. The van der Waals surface area contributed by atoms with Crippen LogP contribution in [0.4, 0.5) is 13.2 Å². The molecule has 0 saturated carbocycles. The molecule has 0 saturated heterocycles. The molecule has 0 amide bonds. The maximum Gasteiger partial charge on any atom is 0.417 e. The second-order valence-electron chi connectivity index (χ2n) is 7.02. The Hall–Kier alpha value is -2.87. The molecule has 0 N–H and O–H groups in total. The number of pyridine rings is 1. The third kappa shape index (κ3) is 5.05. The van der Waals surface area contributed by atoms with Crippen LogP contribution in [0.2, 0.25) is 15.1 Å². The van der Waals surface area contributed by atoms with E-state index in [9.17, 15) is 18.0 Å². The number of hydrogen-bond donors (Lipinski definition) is 0. The summed E-state index contributed by atoms with van der Waals surface area (Å²) >= 11 is 17.9. The van der Waals surface area contributed by atoms with Gasteiger partial charge in [0.05, 0.1) is 10.6 Å². The molecule has 0 bridgehead atoms. The maximum absolute atomic E-state index is 13.4. The van der Waals surface area contributed by atoms with Crippen LogP contribution < -0.4 is 0 Å². The van der Waals surface area contributed by atoms with Gasteiger partial charge in [-0.1, -0.05) is 52.1 Å². The Bertz CT molecular complexity index is 1300. The van der Waals surface area contributed by atoms with Crippen molar-refractivity contribution >= 4 is 40.6 Å². The van der Waals surface area contributed by atoms with Crippen LogP contribution in [0.3, 0.4) is 0 Å². The number of Topliss-reactive ketones (excluding diaryl/α,β-unsaturated/α-hetero) is 1. The van der Waals surface area contributed by atoms with E-state index >= 15 is 0 Å². The van der Waals surface area contributed by atoms with Gasteiger partial charge in [-0.05, 0) is 48.0 Å².